The number of aliphatic hydroxyl groups excluding tert-OH is 1. The molecule has 1 aliphatic heterocycles. The van der Waals surface area contributed by atoms with Crippen LogP contribution in [0.5, 0.6) is 0 Å². The minimum Gasteiger partial charge on any atom is -0.481 e. The highest BCUT2D eigenvalue weighted by atomic mass is 33.1. The van der Waals surface area contributed by atoms with E-state index in [0.29, 0.717) is 39.4 Å². The van der Waals surface area contributed by atoms with Crippen LogP contribution < -0.4 is 91.6 Å². The molecule has 1 aliphatic rings. The zero-order chi connectivity index (χ0) is 84.2. The molecule has 14 unspecified atom stereocenters. The number of rotatable bonds is 25. The third-order valence-electron chi connectivity index (χ3n) is 18.5. The van der Waals surface area contributed by atoms with E-state index in [0.717, 1.165) is 28.5 Å². The smallest absolute Gasteiger partial charge is 0.305 e. The lowest BCUT2D eigenvalue weighted by Crippen LogP contribution is -2.61. The molecule has 0 bridgehead atoms. The Kier molecular flexibility index (Phi) is 35.0. The van der Waals surface area contributed by atoms with E-state index in [-0.39, 0.29) is 44.3 Å². The Morgan fingerprint density at radius 1 is 0.658 bits per heavy atom. The van der Waals surface area contributed by atoms with Gasteiger partial charge in [-0.25, -0.2) is 4.98 Å². The van der Waals surface area contributed by atoms with Gasteiger partial charge in [-0.3, -0.25) is 82.1 Å². The van der Waals surface area contributed by atoms with Gasteiger partial charge in [0.1, 0.15) is 72.5 Å². The van der Waals surface area contributed by atoms with Crippen molar-refractivity contribution in [3.63, 3.8) is 0 Å². The van der Waals surface area contributed by atoms with Crippen molar-refractivity contribution in [2.45, 2.75) is 185 Å². The highest BCUT2D eigenvalue weighted by molar-refractivity contribution is 8.76. The molecule has 1 saturated heterocycles. The number of carbonyl (C=O) groups excluding carboxylic acids is 15. The predicted molar refractivity (Wildman–Crippen MR) is 418 cm³/mol. The van der Waals surface area contributed by atoms with Crippen molar-refractivity contribution >= 4 is 144 Å². The van der Waals surface area contributed by atoms with E-state index in [4.69, 9.17) is 22.6 Å². The Balaban J connectivity index is 1.48. The maximum Gasteiger partial charge on any atom is 0.305 e. The highest BCUT2D eigenvalue weighted by Crippen LogP contribution is 2.26. The lowest BCUT2D eigenvalue weighted by Gasteiger charge is -2.29. The fourth-order valence-electron chi connectivity index (χ4n) is 12.1. The summed E-state index contributed by atoms with van der Waals surface area (Å²) in [6.07, 6.45) is 0.979. The minimum absolute atomic E-state index is 0.00373. The number of aromatic nitrogens is 4. The van der Waals surface area contributed by atoms with E-state index in [2.05, 4.69) is 89.4 Å². The number of guanidine groups is 1. The number of aliphatic hydroxyl groups is 1. The molecule has 114 heavy (non-hydrogen) atoms. The van der Waals surface area contributed by atoms with Gasteiger partial charge in [-0.1, -0.05) is 92.1 Å². The summed E-state index contributed by atoms with van der Waals surface area (Å²) in [5.41, 5.74) is 19.1. The SMILES string of the molecule is CCC(C)C(NC(C)=O)C(=O)NC1CSSCC(C(=O)NC(C(N)=O)C(C)O)NC(=O)C(CCCNC(=N)N)NC(=O)C(Cc2c[nH]cn2)NC(=O)C(C)NC(=O)CNC(=O)C(Cc2c[nH]c3ccccc23)NC(=O)C(CC(=O)O)NC(=O)C(CCC(N)=O)NC(=O)C(Cc2cn(C)c3ccccc23)NC(=O)C(C(C)C)NC1=O. The van der Waals surface area contributed by atoms with Crippen molar-refractivity contribution < 1.29 is 86.9 Å². The summed E-state index contributed by atoms with van der Waals surface area (Å²) in [6, 6.07) is -6.11. The summed E-state index contributed by atoms with van der Waals surface area (Å²) in [4.78, 5) is 236. The zero-order valence-electron chi connectivity index (χ0n) is 64.2. The first-order valence-corrected chi connectivity index (χ1v) is 39.2. The number of aromatic amines is 2. The molecular weight excluding hydrogens is 1530 g/mol. The molecule has 40 nitrogen and oxygen atoms in total. The number of carbonyl (C=O) groups is 16. The average molecular weight is 1630 g/mol. The number of aliphatic carboxylic acids is 1. The highest BCUT2D eigenvalue weighted by Gasteiger charge is 2.39. The predicted octanol–water partition coefficient (Wildman–Crippen LogP) is -4.65. The van der Waals surface area contributed by atoms with E-state index in [9.17, 15) is 72.5 Å². The number of amides is 15. The van der Waals surface area contributed by atoms with E-state index in [1.807, 2.05) is 0 Å². The van der Waals surface area contributed by atoms with Gasteiger partial charge in [0.05, 0.1) is 31.1 Å². The van der Waals surface area contributed by atoms with Gasteiger partial charge in [0.25, 0.3) is 0 Å². The number of nitrogens with two attached hydrogens (primary N) is 3. The molecular formula is C72H102N22O18S2. The fraction of sp³-hybridized carbons (Fsp3) is 0.500. The summed E-state index contributed by atoms with van der Waals surface area (Å²) < 4.78 is 1.74. The van der Waals surface area contributed by atoms with Crippen molar-refractivity contribution in [1.29, 1.82) is 5.41 Å². The van der Waals surface area contributed by atoms with Crippen LogP contribution in [-0.4, -0.2) is 233 Å². The molecule has 14 atom stereocenters. The van der Waals surface area contributed by atoms with Crippen LogP contribution in [0, 0.1) is 17.2 Å². The standard InChI is InChI=1S/C72H102N22O18S2/c1-9-35(4)58(83-38(7)96)71(112)91-52-32-114-113-31-51(69(110)93-59(37(6)95)60(74)101)90-63(104)45(18-14-22-78-72(75)76)84-66(107)49(25-41-28-77-33-81-41)86-61(102)36(5)82-55(98)29-80-62(103)47(23-39-27-79-44-17-12-10-15-42(39)44)87-67(108)50(26-56(99)100)88-64(105)46(20-21-54(73)97)85-65(106)48(89-70(111)57(34(2)3)92-68(52)109)24-40-30-94(8)53-19-13-11-16-43(40)53/h10-13,15-17,19,27-28,30,33-37,45-52,57-59,79,95H,9,14,18,20-26,29,31-32H2,1-8H3,(H2,73,97)(H2,74,101)(H,77,81)(H,80,103)(H,82,98)(H,83,96)(H,84,107)(H,85,106)(H,86,102)(H,87,108)(H,88,105)(H,89,111)(H,90,104)(H,91,112)(H,92,109)(H,93,110)(H,99,100)(H4,75,76,78). The van der Waals surface area contributed by atoms with Crippen molar-refractivity contribution in [3.05, 3.63) is 90.3 Å². The van der Waals surface area contributed by atoms with Gasteiger partial charge in [-0.05, 0) is 68.2 Å². The van der Waals surface area contributed by atoms with Crippen LogP contribution in [0.4, 0.5) is 0 Å². The van der Waals surface area contributed by atoms with Crippen LogP contribution >= 0.6 is 21.6 Å². The van der Waals surface area contributed by atoms with Gasteiger partial charge in [-0.15, -0.1) is 0 Å². The molecule has 4 heterocycles. The van der Waals surface area contributed by atoms with E-state index >= 15 is 14.4 Å². The van der Waals surface area contributed by atoms with Crippen LogP contribution in [0.25, 0.3) is 21.8 Å². The van der Waals surface area contributed by atoms with E-state index < -0.39 is 228 Å². The number of primary amides is 2. The van der Waals surface area contributed by atoms with Gasteiger partial charge >= 0.3 is 5.97 Å². The molecule has 15 amide bonds. The Bertz CT molecular complexity index is 4310. The van der Waals surface area contributed by atoms with E-state index in [1.165, 1.54) is 46.4 Å². The number of benzene rings is 2. The van der Waals surface area contributed by atoms with Crippen molar-refractivity contribution in [2.75, 3.05) is 24.6 Å². The summed E-state index contributed by atoms with van der Waals surface area (Å²) in [6.45, 7) is 9.11. The second-order valence-corrected chi connectivity index (χ2v) is 30.4. The second-order valence-electron chi connectivity index (χ2n) is 27.9. The normalized spacial score (nSPS) is 22.6. The fourth-order valence-corrected chi connectivity index (χ4v) is 14.5. The molecule has 6 rings (SSSR count). The van der Waals surface area contributed by atoms with Gasteiger partial charge in [0, 0.05) is 98.1 Å². The minimum atomic E-state index is -2.06. The molecule has 0 spiro atoms. The number of H-pyrrole nitrogens is 2. The summed E-state index contributed by atoms with van der Waals surface area (Å²) in [7, 11) is 3.37. The summed E-state index contributed by atoms with van der Waals surface area (Å²) in [5.74, 6) is -19.9. The summed E-state index contributed by atoms with van der Waals surface area (Å²) in [5, 5.41) is 65.1. The van der Waals surface area contributed by atoms with E-state index in [1.54, 1.807) is 80.2 Å². The van der Waals surface area contributed by atoms with Crippen molar-refractivity contribution in [1.82, 2.24) is 94.0 Å². The number of hydrogen-bond acceptors (Lipinski definition) is 21. The maximum absolute atomic E-state index is 15.2. The number of hydrogen-bond donors (Lipinski definition) is 22. The van der Waals surface area contributed by atoms with Gasteiger partial charge in [0.2, 0.25) is 88.6 Å². The number of fused-ring (bicyclic) bond motifs is 2. The monoisotopic (exact) mass is 1630 g/mol. The molecule has 620 valence electrons. The average Bonchev–Trinajstić information content (AvgIpc) is 1.65. The van der Waals surface area contributed by atoms with Gasteiger partial charge < -0.3 is 116 Å². The van der Waals surface area contributed by atoms with Gasteiger partial charge in [0.15, 0.2) is 5.96 Å². The van der Waals surface area contributed by atoms with Crippen LogP contribution in [0.2, 0.25) is 0 Å². The van der Waals surface area contributed by atoms with Crippen LogP contribution in [-0.2, 0) is 103 Å². The molecule has 1 fully saturated rings. The third kappa shape index (κ3) is 27.8. The van der Waals surface area contributed by atoms with Gasteiger partial charge in [-0.2, -0.15) is 0 Å². The number of nitrogens with one attached hydrogen (secondary N) is 17. The first kappa shape index (κ1) is 91.1. The topological polar surface area (TPSA) is 633 Å². The zero-order valence-corrected chi connectivity index (χ0v) is 65.8. The Morgan fingerprint density at radius 3 is 1.86 bits per heavy atom. The summed E-state index contributed by atoms with van der Waals surface area (Å²) >= 11 is 0. The molecule has 25 N–H and O–H groups in total. The number of carboxylic acids is 1. The number of aryl methyl sites for hydroxylation is 1. The van der Waals surface area contributed by atoms with Crippen molar-refractivity contribution in [3.8, 4) is 0 Å². The first-order chi connectivity index (χ1) is 53.9. The quantitative estimate of drug-likeness (QED) is 0.0113. The Hall–Kier alpha value is -11.8. The largest absolute Gasteiger partial charge is 0.481 e. The van der Waals surface area contributed by atoms with Crippen LogP contribution in [0.15, 0.2) is 73.4 Å². The second kappa shape index (κ2) is 43.8. The molecule has 0 radical (unpaired) electrons. The van der Waals surface area contributed by atoms with Crippen LogP contribution in [0.3, 0.4) is 0 Å². The lowest BCUT2D eigenvalue weighted by molar-refractivity contribution is -0.141. The number of para-hydroxylation sites is 2. The molecule has 2 aromatic carbocycles. The lowest BCUT2D eigenvalue weighted by atomic mass is 9.97. The molecule has 0 aliphatic carbocycles. The molecule has 5 aromatic rings. The number of imidazole rings is 1. The molecule has 42 heteroatoms. The Labute approximate surface area is 663 Å². The number of carboxylic acid groups (broad SMARTS) is 1. The maximum atomic E-state index is 15.2. The number of nitrogens with zero attached hydrogens (tertiary/aromatic N) is 2. The third-order valence-corrected chi connectivity index (χ3v) is 20.9. The molecule has 3 aromatic heterocycles. The Morgan fingerprint density at radius 2 is 1.24 bits per heavy atom. The van der Waals surface area contributed by atoms with Crippen LogP contribution in [0.1, 0.15) is 104 Å². The first-order valence-electron chi connectivity index (χ1n) is 36.7. The van der Waals surface area contributed by atoms with Crippen molar-refractivity contribution in [2.24, 2.45) is 36.1 Å². The molecule has 0 saturated carbocycles.